The highest BCUT2D eigenvalue weighted by molar-refractivity contribution is 6.32. The van der Waals surface area contributed by atoms with Crippen molar-refractivity contribution in [3.8, 4) is 5.75 Å². The number of hydrogen-bond acceptors (Lipinski definition) is 2. The normalized spacial score (nSPS) is 9.47. The summed E-state index contributed by atoms with van der Waals surface area (Å²) in [5, 5.41) is 4.01. The molecular formula is C10H12ClN3O. The molecule has 0 N–H and O–H groups in total. The molecule has 0 saturated carbocycles. The molecule has 0 aliphatic rings. The minimum absolute atomic E-state index is 0.444. The summed E-state index contributed by atoms with van der Waals surface area (Å²) in [5.41, 5.74) is 9.16. The van der Waals surface area contributed by atoms with Crippen LogP contribution in [0.1, 0.15) is 12.0 Å². The van der Waals surface area contributed by atoms with Crippen molar-refractivity contribution in [2.24, 2.45) is 5.11 Å². The number of aryl methyl sites for hydroxylation is 1. The van der Waals surface area contributed by atoms with E-state index < -0.39 is 0 Å². The topological polar surface area (TPSA) is 58.0 Å². The third-order valence-corrected chi connectivity index (χ3v) is 2.12. The van der Waals surface area contributed by atoms with E-state index in [1.54, 1.807) is 6.07 Å². The van der Waals surface area contributed by atoms with Crippen LogP contribution in [0, 0.1) is 6.92 Å². The molecule has 5 heteroatoms. The van der Waals surface area contributed by atoms with Crippen LogP contribution >= 0.6 is 11.6 Å². The third-order valence-electron chi connectivity index (χ3n) is 1.81. The molecule has 0 unspecified atom stereocenters. The summed E-state index contributed by atoms with van der Waals surface area (Å²) in [6.45, 7) is 2.92. The number of azide groups is 1. The van der Waals surface area contributed by atoms with Crippen molar-refractivity contribution in [1.82, 2.24) is 0 Å². The second kappa shape index (κ2) is 6.17. The number of halogens is 1. The Bertz CT molecular complexity index is 375. The van der Waals surface area contributed by atoms with Gasteiger partial charge in [-0.15, -0.1) is 0 Å². The molecule has 4 nitrogen and oxygen atoms in total. The number of ether oxygens (including phenoxy) is 1. The lowest BCUT2D eigenvalue weighted by Gasteiger charge is -2.07. The molecular weight excluding hydrogens is 214 g/mol. The van der Waals surface area contributed by atoms with Gasteiger partial charge in [-0.05, 0) is 36.6 Å². The maximum Gasteiger partial charge on any atom is 0.138 e. The second-order valence-electron chi connectivity index (χ2n) is 3.09. The van der Waals surface area contributed by atoms with E-state index in [0.29, 0.717) is 30.3 Å². The number of nitrogens with zero attached hydrogens (tertiary/aromatic N) is 3. The average Bonchev–Trinajstić information content (AvgIpc) is 2.23. The quantitative estimate of drug-likeness (QED) is 0.326. The second-order valence-corrected chi connectivity index (χ2v) is 3.50. The van der Waals surface area contributed by atoms with Gasteiger partial charge in [0.1, 0.15) is 5.75 Å². The molecule has 1 aromatic carbocycles. The first-order valence-corrected chi connectivity index (χ1v) is 5.01. The van der Waals surface area contributed by atoms with Gasteiger partial charge in [0.15, 0.2) is 0 Å². The van der Waals surface area contributed by atoms with Gasteiger partial charge in [0, 0.05) is 11.5 Å². The van der Waals surface area contributed by atoms with E-state index >= 15 is 0 Å². The summed E-state index contributed by atoms with van der Waals surface area (Å²) in [7, 11) is 0. The van der Waals surface area contributed by atoms with Gasteiger partial charge in [-0.2, -0.15) is 0 Å². The lowest BCUT2D eigenvalue weighted by atomic mass is 10.2. The van der Waals surface area contributed by atoms with Crippen LogP contribution in [0.15, 0.2) is 23.3 Å². The maximum absolute atomic E-state index is 8.06. The summed E-state index contributed by atoms with van der Waals surface area (Å²) in [6.07, 6.45) is 0.689. The van der Waals surface area contributed by atoms with E-state index in [1.165, 1.54) is 0 Å². The smallest absolute Gasteiger partial charge is 0.138 e. The van der Waals surface area contributed by atoms with Gasteiger partial charge in [0.05, 0.1) is 11.6 Å². The van der Waals surface area contributed by atoms with E-state index in [-0.39, 0.29) is 0 Å². The molecule has 0 amide bonds. The largest absolute Gasteiger partial charge is 0.492 e. The Kier molecular flexibility index (Phi) is 4.81. The van der Waals surface area contributed by atoms with Crippen molar-refractivity contribution in [3.05, 3.63) is 39.2 Å². The van der Waals surface area contributed by atoms with Crippen LogP contribution in [-0.4, -0.2) is 13.2 Å². The van der Waals surface area contributed by atoms with Crippen LogP contribution in [0.2, 0.25) is 5.02 Å². The van der Waals surface area contributed by atoms with E-state index in [1.807, 2.05) is 19.1 Å². The number of rotatable bonds is 5. The van der Waals surface area contributed by atoms with Gasteiger partial charge < -0.3 is 4.74 Å². The SMILES string of the molecule is Cc1ccc(Cl)c(OCCCN=[N+]=[N-])c1. The van der Waals surface area contributed by atoms with Crippen molar-refractivity contribution in [1.29, 1.82) is 0 Å². The van der Waals surface area contributed by atoms with Crippen molar-refractivity contribution in [2.45, 2.75) is 13.3 Å². The fourth-order valence-corrected chi connectivity index (χ4v) is 1.26. The lowest BCUT2D eigenvalue weighted by molar-refractivity contribution is 0.313. The Balaban J connectivity index is 2.43. The molecule has 0 spiro atoms. The van der Waals surface area contributed by atoms with Gasteiger partial charge in [0.2, 0.25) is 0 Å². The molecule has 80 valence electrons. The molecule has 0 radical (unpaired) electrons. The van der Waals surface area contributed by atoms with Gasteiger partial charge in [-0.25, -0.2) is 0 Å². The predicted octanol–water partition coefficient (Wildman–Crippen LogP) is 3.73. The highest BCUT2D eigenvalue weighted by atomic mass is 35.5. The van der Waals surface area contributed by atoms with Crippen molar-refractivity contribution < 1.29 is 4.74 Å². The molecule has 1 rings (SSSR count). The fraction of sp³-hybridized carbons (Fsp3) is 0.400. The summed E-state index contributed by atoms with van der Waals surface area (Å²) in [6, 6.07) is 5.62. The zero-order chi connectivity index (χ0) is 11.1. The van der Waals surface area contributed by atoms with E-state index in [4.69, 9.17) is 21.9 Å². The van der Waals surface area contributed by atoms with Crippen LogP contribution in [0.3, 0.4) is 0 Å². The van der Waals surface area contributed by atoms with Gasteiger partial charge >= 0.3 is 0 Å². The molecule has 0 fully saturated rings. The summed E-state index contributed by atoms with van der Waals surface area (Å²) < 4.78 is 5.45. The molecule has 1 aromatic rings. The van der Waals surface area contributed by atoms with Crippen LogP contribution in [0.25, 0.3) is 10.4 Å². The minimum Gasteiger partial charge on any atom is -0.492 e. The van der Waals surface area contributed by atoms with Gasteiger partial charge in [-0.3, -0.25) is 0 Å². The first-order valence-electron chi connectivity index (χ1n) is 4.64. The monoisotopic (exact) mass is 225 g/mol. The van der Waals surface area contributed by atoms with Gasteiger partial charge in [0.25, 0.3) is 0 Å². The lowest BCUT2D eigenvalue weighted by Crippen LogP contribution is -1.99. The first-order chi connectivity index (χ1) is 7.24. The average molecular weight is 226 g/mol. The molecule has 0 bridgehead atoms. The number of benzene rings is 1. The Labute approximate surface area is 93.4 Å². The Morgan fingerprint density at radius 2 is 2.33 bits per heavy atom. The molecule has 0 aromatic heterocycles. The molecule has 0 saturated heterocycles. The molecule has 0 heterocycles. The molecule has 0 atom stereocenters. The fourth-order valence-electron chi connectivity index (χ4n) is 1.08. The first kappa shape index (κ1) is 11.7. The highest BCUT2D eigenvalue weighted by Crippen LogP contribution is 2.25. The standard InChI is InChI=1S/C10H12ClN3O/c1-8-3-4-9(11)10(7-8)15-6-2-5-13-14-12/h3-4,7H,2,5-6H2,1H3. The van der Waals surface area contributed by atoms with Crippen LogP contribution in [0.4, 0.5) is 0 Å². The Morgan fingerprint density at radius 3 is 3.07 bits per heavy atom. The summed E-state index contributed by atoms with van der Waals surface area (Å²) in [4.78, 5) is 2.66. The Hall–Kier alpha value is -1.38. The summed E-state index contributed by atoms with van der Waals surface area (Å²) >= 11 is 5.93. The summed E-state index contributed by atoms with van der Waals surface area (Å²) in [5.74, 6) is 0.678. The molecule has 15 heavy (non-hydrogen) atoms. The Morgan fingerprint density at radius 1 is 1.53 bits per heavy atom. The van der Waals surface area contributed by atoms with Gasteiger partial charge in [-0.1, -0.05) is 22.8 Å². The third kappa shape index (κ3) is 4.11. The minimum atomic E-state index is 0.444. The molecule has 0 aliphatic carbocycles. The van der Waals surface area contributed by atoms with E-state index in [0.717, 1.165) is 5.56 Å². The van der Waals surface area contributed by atoms with Crippen molar-refractivity contribution >= 4 is 11.6 Å². The van der Waals surface area contributed by atoms with Crippen LogP contribution < -0.4 is 4.74 Å². The highest BCUT2D eigenvalue weighted by Gasteiger charge is 2.00. The van der Waals surface area contributed by atoms with E-state index in [9.17, 15) is 0 Å². The van der Waals surface area contributed by atoms with Crippen molar-refractivity contribution in [2.75, 3.05) is 13.2 Å². The zero-order valence-corrected chi connectivity index (χ0v) is 9.24. The zero-order valence-electron chi connectivity index (χ0n) is 8.48. The van der Waals surface area contributed by atoms with Crippen LogP contribution in [-0.2, 0) is 0 Å². The van der Waals surface area contributed by atoms with Crippen molar-refractivity contribution in [3.63, 3.8) is 0 Å². The maximum atomic E-state index is 8.06. The van der Waals surface area contributed by atoms with Crippen LogP contribution in [0.5, 0.6) is 5.75 Å². The van der Waals surface area contributed by atoms with E-state index in [2.05, 4.69) is 10.0 Å². The molecule has 0 aliphatic heterocycles. The number of hydrogen-bond donors (Lipinski definition) is 0. The predicted molar refractivity (Wildman–Crippen MR) is 60.3 cm³/mol.